The van der Waals surface area contributed by atoms with Crippen molar-refractivity contribution in [2.75, 3.05) is 47.3 Å². The first-order valence-electron chi connectivity index (χ1n) is 10.5. The molecule has 1 heterocycles. The van der Waals surface area contributed by atoms with Crippen LogP contribution in [-0.2, 0) is 18.9 Å². The van der Waals surface area contributed by atoms with Crippen molar-refractivity contribution in [3.8, 4) is 0 Å². The summed E-state index contributed by atoms with van der Waals surface area (Å²) in [5, 5.41) is 0. The highest BCUT2D eigenvalue weighted by Crippen LogP contribution is 2.52. The van der Waals surface area contributed by atoms with E-state index in [0.29, 0.717) is 12.0 Å². The van der Waals surface area contributed by atoms with Gasteiger partial charge >= 0.3 is 0 Å². The zero-order chi connectivity index (χ0) is 17.5. The van der Waals surface area contributed by atoms with Crippen molar-refractivity contribution < 1.29 is 18.9 Å². The van der Waals surface area contributed by atoms with Crippen LogP contribution in [0.25, 0.3) is 0 Å². The van der Waals surface area contributed by atoms with E-state index < -0.39 is 0 Å². The van der Waals surface area contributed by atoms with Crippen LogP contribution < -0.4 is 0 Å². The Bertz CT molecular complexity index is 375. The molecule has 0 radical (unpaired) electrons. The van der Waals surface area contributed by atoms with Gasteiger partial charge in [-0.2, -0.15) is 0 Å². The Morgan fingerprint density at radius 3 is 2.20 bits per heavy atom. The van der Waals surface area contributed by atoms with E-state index in [-0.39, 0.29) is 0 Å². The van der Waals surface area contributed by atoms with E-state index >= 15 is 0 Å². The van der Waals surface area contributed by atoms with Gasteiger partial charge in [0, 0.05) is 34.0 Å². The molecular formula is C21H38O4. The maximum absolute atomic E-state index is 5.82. The van der Waals surface area contributed by atoms with Gasteiger partial charge in [0.15, 0.2) is 0 Å². The van der Waals surface area contributed by atoms with E-state index in [1.807, 2.05) is 14.2 Å². The second-order valence-corrected chi connectivity index (χ2v) is 8.31. The minimum Gasteiger partial charge on any atom is -0.384 e. The third-order valence-electron chi connectivity index (χ3n) is 7.12. The predicted molar refractivity (Wildman–Crippen MR) is 98.7 cm³/mol. The summed E-state index contributed by atoms with van der Waals surface area (Å²) in [6.45, 7) is 4.08. The molecule has 0 bridgehead atoms. The molecule has 0 aromatic rings. The lowest BCUT2D eigenvalue weighted by molar-refractivity contribution is -0.0219. The summed E-state index contributed by atoms with van der Waals surface area (Å²) >= 11 is 0. The zero-order valence-electron chi connectivity index (χ0n) is 16.3. The Hall–Kier alpha value is -0.160. The summed E-state index contributed by atoms with van der Waals surface area (Å²) in [4.78, 5) is 0. The maximum atomic E-state index is 5.82. The molecule has 1 saturated heterocycles. The van der Waals surface area contributed by atoms with Gasteiger partial charge in [0.25, 0.3) is 0 Å². The van der Waals surface area contributed by atoms with Crippen LogP contribution in [0.4, 0.5) is 0 Å². The third-order valence-corrected chi connectivity index (χ3v) is 7.12. The first kappa shape index (κ1) is 19.6. The quantitative estimate of drug-likeness (QED) is 0.770. The number of rotatable bonds is 3. The SMILES string of the molecule is COCC1CCOCCOCCCCC2C1CCC1C(OC)CCC12. The molecule has 4 heteroatoms. The van der Waals surface area contributed by atoms with Crippen molar-refractivity contribution in [1.29, 1.82) is 0 Å². The molecule has 146 valence electrons. The molecular weight excluding hydrogens is 316 g/mol. The van der Waals surface area contributed by atoms with Gasteiger partial charge in [-0.1, -0.05) is 6.42 Å². The lowest BCUT2D eigenvalue weighted by Gasteiger charge is -2.45. The molecule has 25 heavy (non-hydrogen) atoms. The highest BCUT2D eigenvalue weighted by molar-refractivity contribution is 4.97. The molecule has 6 atom stereocenters. The third kappa shape index (κ3) is 4.97. The fourth-order valence-corrected chi connectivity index (χ4v) is 5.99. The highest BCUT2D eigenvalue weighted by atomic mass is 16.5. The number of hydrogen-bond acceptors (Lipinski definition) is 4. The number of hydrogen-bond donors (Lipinski definition) is 0. The molecule has 0 N–H and O–H groups in total. The van der Waals surface area contributed by atoms with Crippen molar-refractivity contribution in [3.05, 3.63) is 0 Å². The molecule has 0 spiro atoms. The van der Waals surface area contributed by atoms with Gasteiger partial charge in [-0.3, -0.25) is 0 Å². The second kappa shape index (κ2) is 10.2. The highest BCUT2D eigenvalue weighted by Gasteiger charge is 2.47. The van der Waals surface area contributed by atoms with E-state index in [1.54, 1.807) is 0 Å². The monoisotopic (exact) mass is 354 g/mol. The Kier molecular flexibility index (Phi) is 8.03. The van der Waals surface area contributed by atoms with E-state index in [2.05, 4.69) is 0 Å². The fourth-order valence-electron chi connectivity index (χ4n) is 5.99. The summed E-state index contributed by atoms with van der Waals surface area (Å²) in [5.41, 5.74) is 0. The average molecular weight is 355 g/mol. The van der Waals surface area contributed by atoms with Crippen LogP contribution in [0.3, 0.4) is 0 Å². The van der Waals surface area contributed by atoms with Crippen molar-refractivity contribution >= 4 is 0 Å². The Morgan fingerprint density at radius 2 is 1.40 bits per heavy atom. The first-order valence-corrected chi connectivity index (χ1v) is 10.5. The van der Waals surface area contributed by atoms with Gasteiger partial charge in [-0.15, -0.1) is 0 Å². The Labute approximate surface area is 153 Å². The minimum absolute atomic E-state index is 0.503. The Morgan fingerprint density at radius 1 is 0.680 bits per heavy atom. The Balaban J connectivity index is 1.72. The summed E-state index contributed by atoms with van der Waals surface area (Å²) in [6, 6.07) is 0. The van der Waals surface area contributed by atoms with E-state index in [9.17, 15) is 0 Å². The first-order chi connectivity index (χ1) is 12.3. The predicted octanol–water partition coefficient (Wildman–Crippen LogP) is 3.92. The van der Waals surface area contributed by atoms with Crippen molar-refractivity contribution in [1.82, 2.24) is 0 Å². The molecule has 2 aliphatic carbocycles. The topological polar surface area (TPSA) is 36.9 Å². The largest absolute Gasteiger partial charge is 0.384 e. The van der Waals surface area contributed by atoms with Gasteiger partial charge in [0.1, 0.15) is 0 Å². The van der Waals surface area contributed by atoms with Crippen molar-refractivity contribution in [2.24, 2.45) is 29.6 Å². The van der Waals surface area contributed by atoms with Crippen molar-refractivity contribution in [3.63, 3.8) is 0 Å². The minimum atomic E-state index is 0.503. The lowest BCUT2D eigenvalue weighted by atomic mass is 9.62. The van der Waals surface area contributed by atoms with Crippen LogP contribution in [0.5, 0.6) is 0 Å². The molecule has 3 fully saturated rings. The normalized spacial score (nSPS) is 41.0. The van der Waals surface area contributed by atoms with Gasteiger partial charge in [0.05, 0.1) is 19.3 Å². The second-order valence-electron chi connectivity index (χ2n) is 8.31. The molecule has 0 aromatic heterocycles. The summed E-state index contributed by atoms with van der Waals surface area (Å²) < 4.78 is 23.0. The van der Waals surface area contributed by atoms with Gasteiger partial charge in [0.2, 0.25) is 0 Å². The van der Waals surface area contributed by atoms with Crippen LogP contribution in [0.1, 0.15) is 51.4 Å². The zero-order valence-corrected chi connectivity index (χ0v) is 16.3. The maximum Gasteiger partial charge on any atom is 0.0700 e. The fraction of sp³-hybridized carbons (Fsp3) is 1.00. The number of methoxy groups -OCH3 is 2. The van der Waals surface area contributed by atoms with Crippen LogP contribution in [0, 0.1) is 29.6 Å². The summed E-state index contributed by atoms with van der Waals surface area (Å²) in [6.07, 6.45) is 10.8. The lowest BCUT2D eigenvalue weighted by Crippen LogP contribution is -2.40. The number of ether oxygens (including phenoxy) is 4. The van der Waals surface area contributed by atoms with Gasteiger partial charge in [-0.05, 0) is 74.5 Å². The molecule has 1 aliphatic heterocycles. The summed E-state index contributed by atoms with van der Waals surface area (Å²) in [5.74, 6) is 3.91. The van der Waals surface area contributed by atoms with Crippen LogP contribution in [0.2, 0.25) is 0 Å². The standard InChI is InChI=1S/C21H38O4/c1-22-15-16-10-12-25-14-13-24-11-4-3-5-18-17(16)6-7-20-19(18)8-9-21(20)23-2/h16-21H,3-15H2,1-2H3. The van der Waals surface area contributed by atoms with Crippen LogP contribution in [-0.4, -0.2) is 53.4 Å². The smallest absolute Gasteiger partial charge is 0.0700 e. The molecule has 6 unspecified atom stereocenters. The van der Waals surface area contributed by atoms with Crippen LogP contribution in [0.15, 0.2) is 0 Å². The molecule has 3 rings (SSSR count). The number of fused-ring (bicyclic) bond motifs is 3. The molecule has 0 aromatic carbocycles. The van der Waals surface area contributed by atoms with Crippen LogP contribution >= 0.6 is 0 Å². The van der Waals surface area contributed by atoms with Gasteiger partial charge < -0.3 is 18.9 Å². The van der Waals surface area contributed by atoms with E-state index in [0.717, 1.165) is 63.1 Å². The summed E-state index contributed by atoms with van der Waals surface area (Å²) in [7, 11) is 3.76. The molecule has 3 aliphatic rings. The van der Waals surface area contributed by atoms with Crippen molar-refractivity contribution in [2.45, 2.75) is 57.5 Å². The van der Waals surface area contributed by atoms with E-state index in [4.69, 9.17) is 18.9 Å². The van der Waals surface area contributed by atoms with E-state index in [1.165, 1.54) is 44.9 Å². The molecule has 4 nitrogen and oxygen atoms in total. The van der Waals surface area contributed by atoms with Gasteiger partial charge in [-0.25, -0.2) is 0 Å². The average Bonchev–Trinajstić information content (AvgIpc) is 3.05. The molecule has 2 saturated carbocycles. The molecule has 0 amide bonds.